The van der Waals surface area contributed by atoms with Crippen molar-refractivity contribution in [3.05, 3.63) is 0 Å². The minimum absolute atomic E-state index is 0.0196. The molecule has 1 unspecified atom stereocenters. The first kappa shape index (κ1) is 18.4. The molecule has 0 aromatic carbocycles. The molecule has 2 rings (SSSR count). The number of aliphatic hydroxyl groups excluding tert-OH is 3. The van der Waals surface area contributed by atoms with Gasteiger partial charge < -0.3 is 25.4 Å². The second-order valence-electron chi connectivity index (χ2n) is 6.16. The molecule has 9 nitrogen and oxygen atoms in total. The van der Waals surface area contributed by atoms with Gasteiger partial charge in [-0.05, 0) is 32.6 Å². The van der Waals surface area contributed by atoms with Gasteiger partial charge in [0.25, 0.3) is 0 Å². The molecule has 1 heterocycles. The predicted molar refractivity (Wildman–Crippen MR) is 80.1 cm³/mol. The Morgan fingerprint density at radius 3 is 2.39 bits per heavy atom. The molecule has 0 radical (unpaired) electrons. The molecule has 0 aromatic heterocycles. The Balaban J connectivity index is 1.82. The summed E-state index contributed by atoms with van der Waals surface area (Å²) in [7, 11) is -3.88. The van der Waals surface area contributed by atoms with Gasteiger partial charge in [-0.15, -0.1) is 0 Å². The van der Waals surface area contributed by atoms with Crippen LogP contribution < -0.4 is 10.0 Å². The zero-order chi connectivity index (χ0) is 17.2. The van der Waals surface area contributed by atoms with Crippen LogP contribution >= 0.6 is 0 Å². The number of aliphatic hydroxyl groups is 3. The van der Waals surface area contributed by atoms with Gasteiger partial charge in [0.15, 0.2) is 0 Å². The normalized spacial score (nSPS) is 35.4. The van der Waals surface area contributed by atoms with E-state index in [2.05, 4.69) is 5.32 Å². The molecule has 0 spiro atoms. The first-order chi connectivity index (χ1) is 10.7. The minimum atomic E-state index is -3.88. The summed E-state index contributed by atoms with van der Waals surface area (Å²) in [5.41, 5.74) is 0. The molecule has 1 saturated carbocycles. The van der Waals surface area contributed by atoms with E-state index < -0.39 is 52.3 Å². The van der Waals surface area contributed by atoms with E-state index >= 15 is 0 Å². The highest BCUT2D eigenvalue weighted by atomic mass is 32.2. The van der Waals surface area contributed by atoms with Crippen LogP contribution in [0.4, 0.5) is 4.79 Å². The largest absolute Gasteiger partial charge is 0.388 e. The Kier molecular flexibility index (Phi) is 5.84. The van der Waals surface area contributed by atoms with Gasteiger partial charge in [-0.3, -0.25) is 0 Å². The Bertz CT molecular complexity index is 522. The van der Waals surface area contributed by atoms with E-state index in [1.807, 2.05) is 4.72 Å². The van der Waals surface area contributed by atoms with E-state index in [9.17, 15) is 28.5 Å². The topological polar surface area (TPSA) is 145 Å². The number of hydrogen-bond acceptors (Lipinski definition) is 7. The maximum atomic E-state index is 11.9. The molecule has 5 N–H and O–H groups in total. The number of rotatable bonds is 5. The predicted octanol–water partition coefficient (Wildman–Crippen LogP) is -1.57. The second-order valence-corrected chi connectivity index (χ2v) is 8.00. The SMILES string of the molecule is CC1O[C@H](CCS(=O)(=O)NC(=O)NC2CCC2)[C@@H](O)[C@H](O)[C@@H]1O. The number of carbonyl (C=O) groups is 1. The van der Waals surface area contributed by atoms with Gasteiger partial charge in [0, 0.05) is 6.04 Å². The van der Waals surface area contributed by atoms with Crippen LogP contribution in [0.25, 0.3) is 0 Å². The lowest BCUT2D eigenvalue weighted by Gasteiger charge is -2.39. The monoisotopic (exact) mass is 352 g/mol. The summed E-state index contributed by atoms with van der Waals surface area (Å²) in [4.78, 5) is 11.6. The van der Waals surface area contributed by atoms with Crippen molar-refractivity contribution >= 4 is 16.1 Å². The zero-order valence-corrected chi connectivity index (χ0v) is 13.7. The molecular formula is C13H24N2O7S. The third-order valence-corrected chi connectivity index (χ3v) is 5.58. The van der Waals surface area contributed by atoms with Crippen molar-refractivity contribution < 1.29 is 33.3 Å². The van der Waals surface area contributed by atoms with Crippen molar-refractivity contribution in [2.75, 3.05) is 5.75 Å². The average Bonchev–Trinajstić information content (AvgIpc) is 2.43. The van der Waals surface area contributed by atoms with Crippen molar-refractivity contribution in [2.45, 2.75) is 69.2 Å². The molecule has 2 fully saturated rings. The molecular weight excluding hydrogens is 328 g/mol. The lowest BCUT2D eigenvalue weighted by Crippen LogP contribution is -2.57. The first-order valence-corrected chi connectivity index (χ1v) is 9.35. The number of amides is 2. The van der Waals surface area contributed by atoms with E-state index in [-0.39, 0.29) is 12.5 Å². The molecule has 2 amide bonds. The maximum Gasteiger partial charge on any atom is 0.328 e. The third-order valence-electron chi connectivity index (χ3n) is 4.31. The fourth-order valence-electron chi connectivity index (χ4n) is 2.61. The van der Waals surface area contributed by atoms with Crippen LogP contribution in [-0.4, -0.2) is 72.1 Å². The van der Waals surface area contributed by atoms with Gasteiger partial charge in [0.2, 0.25) is 10.0 Å². The third kappa shape index (κ3) is 4.77. The summed E-state index contributed by atoms with van der Waals surface area (Å²) in [6, 6.07) is -0.741. The van der Waals surface area contributed by atoms with E-state index in [1.165, 1.54) is 6.92 Å². The van der Waals surface area contributed by atoms with Crippen molar-refractivity contribution in [3.8, 4) is 0 Å². The minimum Gasteiger partial charge on any atom is -0.388 e. The van der Waals surface area contributed by atoms with Gasteiger partial charge in [0.05, 0.1) is 18.0 Å². The van der Waals surface area contributed by atoms with Crippen molar-refractivity contribution in [2.24, 2.45) is 0 Å². The quantitative estimate of drug-likeness (QED) is 0.402. The number of urea groups is 1. The van der Waals surface area contributed by atoms with Crippen LogP contribution in [0.5, 0.6) is 0 Å². The molecule has 5 atom stereocenters. The smallest absolute Gasteiger partial charge is 0.328 e. The summed E-state index contributed by atoms with van der Waals surface area (Å²) >= 11 is 0. The van der Waals surface area contributed by atoms with Gasteiger partial charge in [0.1, 0.15) is 18.3 Å². The van der Waals surface area contributed by atoms with Crippen LogP contribution in [0.15, 0.2) is 0 Å². The van der Waals surface area contributed by atoms with Crippen LogP contribution in [0.2, 0.25) is 0 Å². The van der Waals surface area contributed by atoms with Gasteiger partial charge in [-0.2, -0.15) is 0 Å². The van der Waals surface area contributed by atoms with Crippen LogP contribution in [0.1, 0.15) is 32.6 Å². The van der Waals surface area contributed by atoms with Crippen molar-refractivity contribution in [1.29, 1.82) is 0 Å². The molecule has 1 saturated heterocycles. The second kappa shape index (κ2) is 7.31. The van der Waals surface area contributed by atoms with Crippen LogP contribution in [0, 0.1) is 0 Å². The number of nitrogens with one attached hydrogen (secondary N) is 2. The number of hydrogen-bond donors (Lipinski definition) is 5. The number of ether oxygens (including phenoxy) is 1. The van der Waals surface area contributed by atoms with Crippen LogP contribution in [-0.2, 0) is 14.8 Å². The van der Waals surface area contributed by atoms with Gasteiger partial charge >= 0.3 is 6.03 Å². The van der Waals surface area contributed by atoms with Crippen molar-refractivity contribution in [1.82, 2.24) is 10.0 Å². The molecule has 1 aliphatic carbocycles. The molecule has 1 aliphatic heterocycles. The first-order valence-electron chi connectivity index (χ1n) is 7.70. The zero-order valence-electron chi connectivity index (χ0n) is 12.9. The van der Waals surface area contributed by atoms with Crippen molar-refractivity contribution in [3.63, 3.8) is 0 Å². The Labute approximate surface area is 135 Å². The molecule has 2 aliphatic rings. The fourth-order valence-corrected chi connectivity index (χ4v) is 3.59. The molecule has 134 valence electrons. The Hall–Kier alpha value is -0.940. The van der Waals surface area contributed by atoms with Gasteiger partial charge in [-0.25, -0.2) is 17.9 Å². The van der Waals surface area contributed by atoms with E-state index in [0.717, 1.165) is 19.3 Å². The summed E-state index contributed by atoms with van der Waals surface area (Å²) in [6.07, 6.45) is -3.10. The molecule has 23 heavy (non-hydrogen) atoms. The van der Waals surface area contributed by atoms with Crippen LogP contribution in [0.3, 0.4) is 0 Å². The molecule has 10 heteroatoms. The Morgan fingerprint density at radius 1 is 1.17 bits per heavy atom. The summed E-state index contributed by atoms with van der Waals surface area (Å²) < 4.78 is 31.0. The van der Waals surface area contributed by atoms with Gasteiger partial charge in [-0.1, -0.05) is 0 Å². The highest BCUT2D eigenvalue weighted by Gasteiger charge is 2.41. The lowest BCUT2D eigenvalue weighted by atomic mass is 9.93. The number of carbonyl (C=O) groups excluding carboxylic acids is 1. The molecule has 0 aromatic rings. The highest BCUT2D eigenvalue weighted by Crippen LogP contribution is 2.23. The standard InChI is InChI=1S/C13H24N2O7S/c1-7-10(16)12(18)11(17)9(22-7)5-6-23(20,21)15-13(19)14-8-3-2-4-8/h7-12,16-18H,2-6H2,1H3,(H2,14,15,19)/t7?,9-,10-,11-,12-/m1/s1. The maximum absolute atomic E-state index is 11.9. The van der Waals surface area contributed by atoms with E-state index in [4.69, 9.17) is 4.74 Å². The summed E-state index contributed by atoms with van der Waals surface area (Å²) in [5, 5.41) is 31.7. The summed E-state index contributed by atoms with van der Waals surface area (Å²) in [6.45, 7) is 1.52. The molecule has 0 bridgehead atoms. The Morgan fingerprint density at radius 2 is 1.83 bits per heavy atom. The fraction of sp³-hybridized carbons (Fsp3) is 0.923. The number of sulfonamides is 1. The highest BCUT2D eigenvalue weighted by molar-refractivity contribution is 7.90. The van der Waals surface area contributed by atoms with E-state index in [0.29, 0.717) is 0 Å². The average molecular weight is 352 g/mol. The van der Waals surface area contributed by atoms with E-state index in [1.54, 1.807) is 0 Å². The lowest BCUT2D eigenvalue weighted by molar-refractivity contribution is -0.217. The summed E-state index contributed by atoms with van der Waals surface area (Å²) in [5.74, 6) is -0.442.